The molecule has 0 aliphatic rings. The maximum absolute atomic E-state index is 12.0. The number of aromatic nitrogens is 1. The minimum atomic E-state index is -1.08. The molecule has 1 amide bonds. The lowest BCUT2D eigenvalue weighted by atomic mass is 10.0. The summed E-state index contributed by atoms with van der Waals surface area (Å²) < 4.78 is 0. The molecule has 1 atom stereocenters. The topological polar surface area (TPSA) is 79.3 Å². The standard InChI is InChI=1S/C12H14Cl2N2O3/c1-6(2)3-9(12(18)19)16-11(17)7-4-10(14)15-5-8(7)13/h4-6,9H,3H2,1-2H3,(H,16,17)(H,18,19)/t9-/m1/s1. The maximum atomic E-state index is 12.0. The molecule has 0 fully saturated rings. The molecule has 2 N–H and O–H groups in total. The van der Waals surface area contributed by atoms with Crippen LogP contribution in [0.5, 0.6) is 0 Å². The van der Waals surface area contributed by atoms with Gasteiger partial charge in [0.25, 0.3) is 5.91 Å². The molecule has 1 aromatic heterocycles. The predicted molar refractivity (Wildman–Crippen MR) is 72.6 cm³/mol. The van der Waals surface area contributed by atoms with E-state index >= 15 is 0 Å². The number of carboxylic acids is 1. The Hall–Kier alpha value is -1.33. The first-order valence-electron chi connectivity index (χ1n) is 5.66. The smallest absolute Gasteiger partial charge is 0.326 e. The van der Waals surface area contributed by atoms with Gasteiger partial charge in [-0.25, -0.2) is 9.78 Å². The molecule has 0 unspecified atom stereocenters. The van der Waals surface area contributed by atoms with Gasteiger partial charge in [-0.05, 0) is 18.4 Å². The fraction of sp³-hybridized carbons (Fsp3) is 0.417. The van der Waals surface area contributed by atoms with Gasteiger partial charge in [-0.1, -0.05) is 37.0 Å². The number of carboxylic acid groups (broad SMARTS) is 1. The number of hydrogen-bond donors (Lipinski definition) is 2. The third-order valence-electron chi connectivity index (χ3n) is 2.38. The summed E-state index contributed by atoms with van der Waals surface area (Å²) in [6.45, 7) is 3.75. The first-order valence-corrected chi connectivity index (χ1v) is 6.41. The van der Waals surface area contributed by atoms with Gasteiger partial charge in [0.1, 0.15) is 11.2 Å². The van der Waals surface area contributed by atoms with Crippen LogP contribution in [0.1, 0.15) is 30.6 Å². The molecular weight excluding hydrogens is 291 g/mol. The van der Waals surface area contributed by atoms with Crippen molar-refractivity contribution in [3.8, 4) is 0 Å². The second-order valence-electron chi connectivity index (χ2n) is 4.48. The second kappa shape index (κ2) is 6.73. The zero-order chi connectivity index (χ0) is 14.6. The number of rotatable bonds is 5. The van der Waals surface area contributed by atoms with Crippen LogP contribution in [0.15, 0.2) is 12.3 Å². The van der Waals surface area contributed by atoms with E-state index in [4.69, 9.17) is 28.3 Å². The molecule has 0 saturated carbocycles. The number of nitrogens with zero attached hydrogens (tertiary/aromatic N) is 1. The molecule has 1 rings (SSSR count). The van der Waals surface area contributed by atoms with E-state index in [1.807, 2.05) is 13.8 Å². The van der Waals surface area contributed by atoms with Crippen molar-refractivity contribution in [2.75, 3.05) is 0 Å². The maximum Gasteiger partial charge on any atom is 0.326 e. The molecule has 0 aliphatic heterocycles. The van der Waals surface area contributed by atoms with Crippen molar-refractivity contribution < 1.29 is 14.7 Å². The van der Waals surface area contributed by atoms with Gasteiger partial charge >= 0.3 is 5.97 Å². The third-order valence-corrected chi connectivity index (χ3v) is 2.89. The van der Waals surface area contributed by atoms with Crippen LogP contribution in [0.3, 0.4) is 0 Å². The number of aliphatic carboxylic acids is 1. The largest absolute Gasteiger partial charge is 0.480 e. The van der Waals surface area contributed by atoms with Gasteiger partial charge in [0.15, 0.2) is 0 Å². The molecule has 1 aromatic rings. The highest BCUT2D eigenvalue weighted by Crippen LogP contribution is 2.18. The zero-order valence-corrected chi connectivity index (χ0v) is 12.0. The van der Waals surface area contributed by atoms with Gasteiger partial charge in [-0.3, -0.25) is 4.79 Å². The Bertz CT molecular complexity index is 492. The van der Waals surface area contributed by atoms with Gasteiger partial charge < -0.3 is 10.4 Å². The highest BCUT2D eigenvalue weighted by Gasteiger charge is 2.23. The average Bonchev–Trinajstić information content (AvgIpc) is 2.30. The van der Waals surface area contributed by atoms with Crippen molar-refractivity contribution in [2.24, 2.45) is 5.92 Å². The SMILES string of the molecule is CC(C)C[C@@H](NC(=O)c1cc(Cl)ncc1Cl)C(=O)O. The first kappa shape index (κ1) is 15.7. The minimum Gasteiger partial charge on any atom is -0.480 e. The lowest BCUT2D eigenvalue weighted by Crippen LogP contribution is -2.41. The Balaban J connectivity index is 2.87. The summed E-state index contributed by atoms with van der Waals surface area (Å²) in [4.78, 5) is 26.8. The van der Waals surface area contributed by atoms with Crippen molar-refractivity contribution >= 4 is 35.1 Å². The lowest BCUT2D eigenvalue weighted by Gasteiger charge is -2.16. The summed E-state index contributed by atoms with van der Waals surface area (Å²) in [5.74, 6) is -1.53. The Morgan fingerprint density at radius 1 is 1.42 bits per heavy atom. The number of pyridine rings is 1. The Kier molecular flexibility index (Phi) is 5.57. The molecule has 0 spiro atoms. The number of carbonyl (C=O) groups excluding carboxylic acids is 1. The van der Waals surface area contributed by atoms with Gasteiger partial charge in [0.05, 0.1) is 10.6 Å². The number of amides is 1. The van der Waals surface area contributed by atoms with Crippen LogP contribution in [0.2, 0.25) is 10.2 Å². The summed E-state index contributed by atoms with van der Waals surface area (Å²) >= 11 is 11.5. The summed E-state index contributed by atoms with van der Waals surface area (Å²) in [5, 5.41) is 11.7. The molecule has 0 aromatic carbocycles. The molecule has 5 nitrogen and oxygen atoms in total. The number of carbonyl (C=O) groups is 2. The van der Waals surface area contributed by atoms with Crippen LogP contribution in [-0.2, 0) is 4.79 Å². The van der Waals surface area contributed by atoms with Gasteiger partial charge in [0, 0.05) is 6.20 Å². The van der Waals surface area contributed by atoms with Crippen molar-refractivity contribution in [1.29, 1.82) is 0 Å². The van der Waals surface area contributed by atoms with Crippen LogP contribution in [0.25, 0.3) is 0 Å². The van der Waals surface area contributed by atoms with E-state index in [0.717, 1.165) is 0 Å². The quantitative estimate of drug-likeness (QED) is 0.820. The van der Waals surface area contributed by atoms with Crippen molar-refractivity contribution in [2.45, 2.75) is 26.3 Å². The van der Waals surface area contributed by atoms with Crippen LogP contribution < -0.4 is 5.32 Å². The molecule has 0 radical (unpaired) electrons. The summed E-state index contributed by atoms with van der Waals surface area (Å²) in [6, 6.07) is 0.337. The van der Waals surface area contributed by atoms with Gasteiger partial charge in [0.2, 0.25) is 0 Å². The highest BCUT2D eigenvalue weighted by atomic mass is 35.5. The number of halogens is 2. The lowest BCUT2D eigenvalue weighted by molar-refractivity contribution is -0.139. The molecule has 0 saturated heterocycles. The molecule has 104 valence electrons. The van der Waals surface area contributed by atoms with Crippen LogP contribution in [0, 0.1) is 5.92 Å². The first-order chi connectivity index (χ1) is 8.81. The highest BCUT2D eigenvalue weighted by molar-refractivity contribution is 6.35. The zero-order valence-electron chi connectivity index (χ0n) is 10.5. The van der Waals surface area contributed by atoms with Gasteiger partial charge in [-0.15, -0.1) is 0 Å². The van der Waals surface area contributed by atoms with E-state index in [-0.39, 0.29) is 21.7 Å². The Labute approximate surface area is 120 Å². The summed E-state index contributed by atoms with van der Waals surface area (Å²) in [5.41, 5.74) is 0.108. The van der Waals surface area contributed by atoms with E-state index in [1.165, 1.54) is 12.3 Å². The van der Waals surface area contributed by atoms with Crippen LogP contribution in [0.4, 0.5) is 0 Å². The monoisotopic (exact) mass is 304 g/mol. The van der Waals surface area contributed by atoms with E-state index < -0.39 is 17.9 Å². The molecule has 1 heterocycles. The predicted octanol–water partition coefficient (Wildman–Crippen LogP) is 2.62. The molecular formula is C12H14Cl2N2O3. The van der Waals surface area contributed by atoms with Gasteiger partial charge in [-0.2, -0.15) is 0 Å². The Morgan fingerprint density at radius 2 is 2.05 bits per heavy atom. The van der Waals surface area contributed by atoms with Crippen molar-refractivity contribution in [3.05, 3.63) is 28.0 Å². The minimum absolute atomic E-state index is 0.108. The normalized spacial score (nSPS) is 12.3. The fourth-order valence-electron chi connectivity index (χ4n) is 1.52. The van der Waals surface area contributed by atoms with Crippen LogP contribution >= 0.6 is 23.2 Å². The molecule has 0 aliphatic carbocycles. The van der Waals surface area contributed by atoms with E-state index in [0.29, 0.717) is 6.42 Å². The molecule has 7 heteroatoms. The fourth-order valence-corrected chi connectivity index (χ4v) is 1.86. The van der Waals surface area contributed by atoms with E-state index in [1.54, 1.807) is 0 Å². The van der Waals surface area contributed by atoms with E-state index in [2.05, 4.69) is 10.3 Å². The molecule has 19 heavy (non-hydrogen) atoms. The molecule has 0 bridgehead atoms. The summed E-state index contributed by atoms with van der Waals surface area (Å²) in [7, 11) is 0. The van der Waals surface area contributed by atoms with Crippen LogP contribution in [-0.4, -0.2) is 28.0 Å². The number of hydrogen-bond acceptors (Lipinski definition) is 3. The average molecular weight is 305 g/mol. The number of nitrogens with one attached hydrogen (secondary N) is 1. The van der Waals surface area contributed by atoms with Crippen molar-refractivity contribution in [1.82, 2.24) is 10.3 Å². The summed E-state index contributed by atoms with van der Waals surface area (Å²) in [6.07, 6.45) is 1.58. The van der Waals surface area contributed by atoms with Crippen molar-refractivity contribution in [3.63, 3.8) is 0 Å². The second-order valence-corrected chi connectivity index (χ2v) is 5.28. The third kappa shape index (κ3) is 4.69. The van der Waals surface area contributed by atoms with E-state index in [9.17, 15) is 9.59 Å². The Morgan fingerprint density at radius 3 is 2.58 bits per heavy atom.